The fourth-order valence-corrected chi connectivity index (χ4v) is 6.81. The smallest absolute Gasteiger partial charge is 0.143 e. The van der Waals surface area contributed by atoms with E-state index in [2.05, 4.69) is 117 Å². The first-order chi connectivity index (χ1) is 25.1. The average molecular weight is 667 g/mol. The number of benzene rings is 7. The largest absolute Gasteiger partial charge is 0.456 e. The SMILES string of the molecule is CC.CC.Cc1cccc(-c2cc(-c3ccc4oc5ccccc5c4c3)cc3c2oc2ccccc23)c1.Cc1cccc2c1oc1ccccc12. The van der Waals surface area contributed by atoms with Crippen LogP contribution in [-0.2, 0) is 0 Å². The highest BCUT2D eigenvalue weighted by Crippen LogP contribution is 2.41. The third-order valence-electron chi connectivity index (χ3n) is 9.12. The van der Waals surface area contributed by atoms with Gasteiger partial charge in [0.25, 0.3) is 0 Å². The molecular formula is C48H42O3. The van der Waals surface area contributed by atoms with Crippen LogP contribution in [-0.4, -0.2) is 0 Å². The van der Waals surface area contributed by atoms with E-state index in [9.17, 15) is 0 Å². The predicted molar refractivity (Wildman–Crippen MR) is 218 cm³/mol. The lowest BCUT2D eigenvalue weighted by molar-refractivity contribution is 0.666. The number of aryl methyl sites for hydroxylation is 2. The van der Waals surface area contributed by atoms with E-state index in [-0.39, 0.29) is 0 Å². The molecule has 0 radical (unpaired) electrons. The third-order valence-corrected chi connectivity index (χ3v) is 9.12. The van der Waals surface area contributed by atoms with Gasteiger partial charge in [0.15, 0.2) is 0 Å². The second-order valence-corrected chi connectivity index (χ2v) is 12.2. The van der Waals surface area contributed by atoms with Crippen molar-refractivity contribution >= 4 is 65.8 Å². The van der Waals surface area contributed by atoms with Crippen LogP contribution in [0.15, 0.2) is 159 Å². The number of rotatable bonds is 2. The molecule has 0 aliphatic heterocycles. The van der Waals surface area contributed by atoms with Crippen LogP contribution >= 0.6 is 0 Å². The van der Waals surface area contributed by atoms with E-state index in [1.54, 1.807) is 0 Å². The Labute approximate surface area is 298 Å². The molecule has 0 aliphatic carbocycles. The molecule has 0 unspecified atom stereocenters. The highest BCUT2D eigenvalue weighted by Gasteiger charge is 2.16. The summed E-state index contributed by atoms with van der Waals surface area (Å²) in [5, 5.41) is 6.96. The molecule has 252 valence electrons. The van der Waals surface area contributed by atoms with Gasteiger partial charge in [-0.25, -0.2) is 0 Å². The zero-order chi connectivity index (χ0) is 35.5. The minimum atomic E-state index is 0.911. The number of furan rings is 3. The fourth-order valence-electron chi connectivity index (χ4n) is 6.81. The van der Waals surface area contributed by atoms with Gasteiger partial charge in [-0.05, 0) is 78.6 Å². The molecule has 0 fully saturated rings. The number of hydrogen-bond acceptors (Lipinski definition) is 3. The molecule has 10 aromatic rings. The van der Waals surface area contributed by atoms with E-state index < -0.39 is 0 Å². The Morgan fingerprint density at radius 3 is 1.55 bits per heavy atom. The Morgan fingerprint density at radius 1 is 0.333 bits per heavy atom. The van der Waals surface area contributed by atoms with Gasteiger partial charge in [0.05, 0.1) is 0 Å². The van der Waals surface area contributed by atoms with Crippen molar-refractivity contribution in [3.8, 4) is 22.3 Å². The lowest BCUT2D eigenvalue weighted by Crippen LogP contribution is -1.85. The lowest BCUT2D eigenvalue weighted by Gasteiger charge is -2.09. The Balaban J connectivity index is 0.000000188. The second kappa shape index (κ2) is 14.4. The Bertz CT molecular complexity index is 2770. The molecule has 0 saturated heterocycles. The third kappa shape index (κ3) is 6.17. The molecule has 0 spiro atoms. The molecule has 3 nitrogen and oxygen atoms in total. The van der Waals surface area contributed by atoms with Crippen molar-refractivity contribution in [1.82, 2.24) is 0 Å². The van der Waals surface area contributed by atoms with Crippen molar-refractivity contribution in [3.05, 3.63) is 157 Å². The van der Waals surface area contributed by atoms with Gasteiger partial charge in [0.2, 0.25) is 0 Å². The second-order valence-electron chi connectivity index (χ2n) is 12.2. The maximum atomic E-state index is 6.37. The van der Waals surface area contributed by atoms with Gasteiger partial charge in [-0.1, -0.05) is 136 Å². The van der Waals surface area contributed by atoms with Crippen LogP contribution in [0.1, 0.15) is 38.8 Å². The first-order valence-corrected chi connectivity index (χ1v) is 17.9. The highest BCUT2D eigenvalue weighted by atomic mass is 16.3. The zero-order valence-corrected chi connectivity index (χ0v) is 30.1. The summed E-state index contributed by atoms with van der Waals surface area (Å²) in [6, 6.07) is 50.5. The first kappa shape index (κ1) is 33.4. The van der Waals surface area contributed by atoms with Crippen LogP contribution in [0, 0.1) is 13.8 Å². The Morgan fingerprint density at radius 2 is 0.863 bits per heavy atom. The number of fused-ring (bicyclic) bond motifs is 9. The quantitative estimate of drug-likeness (QED) is 0.184. The monoisotopic (exact) mass is 666 g/mol. The van der Waals surface area contributed by atoms with E-state index in [0.717, 1.165) is 77.3 Å². The van der Waals surface area contributed by atoms with Gasteiger partial charge in [-0.15, -0.1) is 0 Å². The van der Waals surface area contributed by atoms with Crippen molar-refractivity contribution in [2.45, 2.75) is 41.5 Å². The summed E-state index contributed by atoms with van der Waals surface area (Å²) < 4.78 is 18.2. The molecule has 0 atom stereocenters. The maximum absolute atomic E-state index is 6.37. The fraction of sp³-hybridized carbons (Fsp3) is 0.125. The number of hydrogen-bond donors (Lipinski definition) is 0. The van der Waals surface area contributed by atoms with Gasteiger partial charge in [0, 0.05) is 37.9 Å². The Kier molecular flexibility index (Phi) is 9.46. The summed E-state index contributed by atoms with van der Waals surface area (Å²) in [6.45, 7) is 12.2. The molecule has 3 heterocycles. The van der Waals surface area contributed by atoms with Gasteiger partial charge >= 0.3 is 0 Å². The van der Waals surface area contributed by atoms with Crippen LogP contribution in [0.5, 0.6) is 0 Å². The standard InChI is InChI=1S/C31H20O2.C13H10O.2C2H6/c1-19-7-6-8-21(15-19)25-17-22(18-27-24-10-3-5-12-29(24)33-31(25)27)20-13-14-30-26(16-20)23-9-2-4-11-28(23)32-30;1-9-5-4-7-11-10-6-2-3-8-12(10)14-13(9)11;2*1-2/h2-18H,1H3;2-8H,1H3;2*1-2H3. The van der Waals surface area contributed by atoms with Crippen molar-refractivity contribution in [2.75, 3.05) is 0 Å². The average Bonchev–Trinajstić information content (AvgIpc) is 3.88. The van der Waals surface area contributed by atoms with Crippen molar-refractivity contribution in [3.63, 3.8) is 0 Å². The summed E-state index contributed by atoms with van der Waals surface area (Å²) in [7, 11) is 0. The van der Waals surface area contributed by atoms with Crippen LogP contribution in [0.2, 0.25) is 0 Å². The first-order valence-electron chi connectivity index (χ1n) is 17.9. The zero-order valence-electron chi connectivity index (χ0n) is 30.1. The molecule has 51 heavy (non-hydrogen) atoms. The highest BCUT2D eigenvalue weighted by molar-refractivity contribution is 6.12. The van der Waals surface area contributed by atoms with Crippen molar-refractivity contribution < 1.29 is 13.3 Å². The van der Waals surface area contributed by atoms with E-state index in [0.29, 0.717) is 0 Å². The predicted octanol–water partition coefficient (Wildman–Crippen LogP) is 15.1. The molecule has 10 rings (SSSR count). The van der Waals surface area contributed by atoms with Crippen molar-refractivity contribution in [2.24, 2.45) is 0 Å². The molecule has 7 aromatic carbocycles. The molecule has 3 heteroatoms. The summed E-state index contributed by atoms with van der Waals surface area (Å²) in [5.41, 5.74) is 12.7. The van der Waals surface area contributed by atoms with Crippen LogP contribution in [0.25, 0.3) is 88.1 Å². The number of para-hydroxylation sites is 4. The van der Waals surface area contributed by atoms with E-state index in [1.165, 1.54) is 21.9 Å². The lowest BCUT2D eigenvalue weighted by atomic mass is 9.94. The maximum Gasteiger partial charge on any atom is 0.143 e. The van der Waals surface area contributed by atoms with Crippen LogP contribution in [0.4, 0.5) is 0 Å². The molecule has 0 amide bonds. The van der Waals surface area contributed by atoms with Gasteiger partial charge in [-0.2, -0.15) is 0 Å². The molecule has 3 aromatic heterocycles. The van der Waals surface area contributed by atoms with Gasteiger partial charge in [-0.3, -0.25) is 0 Å². The van der Waals surface area contributed by atoms with E-state index >= 15 is 0 Å². The van der Waals surface area contributed by atoms with E-state index in [1.807, 2.05) is 70.2 Å². The van der Waals surface area contributed by atoms with Gasteiger partial charge < -0.3 is 13.3 Å². The summed E-state index contributed by atoms with van der Waals surface area (Å²) in [6.07, 6.45) is 0. The molecule has 0 saturated carbocycles. The van der Waals surface area contributed by atoms with Crippen LogP contribution in [0.3, 0.4) is 0 Å². The normalized spacial score (nSPS) is 10.9. The summed E-state index contributed by atoms with van der Waals surface area (Å²) in [5.74, 6) is 0. The minimum Gasteiger partial charge on any atom is -0.456 e. The van der Waals surface area contributed by atoms with Crippen molar-refractivity contribution in [1.29, 1.82) is 0 Å². The topological polar surface area (TPSA) is 39.4 Å². The molecule has 0 bridgehead atoms. The molecule has 0 N–H and O–H groups in total. The molecular weight excluding hydrogens is 625 g/mol. The summed E-state index contributed by atoms with van der Waals surface area (Å²) in [4.78, 5) is 0. The minimum absolute atomic E-state index is 0.911. The van der Waals surface area contributed by atoms with E-state index in [4.69, 9.17) is 13.3 Å². The van der Waals surface area contributed by atoms with Gasteiger partial charge in [0.1, 0.15) is 33.5 Å². The van der Waals surface area contributed by atoms with Crippen LogP contribution < -0.4 is 0 Å². The summed E-state index contributed by atoms with van der Waals surface area (Å²) >= 11 is 0. The molecule has 0 aliphatic rings. The Hall–Kier alpha value is -6.06.